The molecule has 1 unspecified atom stereocenters. The molecule has 1 fully saturated rings. The first-order valence-corrected chi connectivity index (χ1v) is 5.65. The van der Waals surface area contributed by atoms with Crippen LogP contribution in [0.4, 0.5) is 0 Å². The van der Waals surface area contributed by atoms with Gasteiger partial charge in [0.1, 0.15) is 6.23 Å². The number of nitrogens with one attached hydrogen (secondary N) is 1. The van der Waals surface area contributed by atoms with E-state index in [-0.39, 0.29) is 11.8 Å². The molecule has 0 amide bonds. The second kappa shape index (κ2) is 4.27. The maximum atomic E-state index is 11.9. The van der Waals surface area contributed by atoms with Crippen LogP contribution in [0.1, 0.15) is 6.23 Å². The number of hydrogen-bond donors (Lipinski definition) is 1. The number of benzene rings is 1. The molecule has 2 heterocycles. The predicted octanol–water partition coefficient (Wildman–Crippen LogP) is 0.515. The number of rotatable bonds is 1. The Balaban J connectivity index is 2.19. The van der Waals surface area contributed by atoms with Gasteiger partial charge in [-0.1, -0.05) is 12.1 Å². The van der Waals surface area contributed by atoms with Crippen molar-refractivity contribution < 1.29 is 4.74 Å². The molecule has 17 heavy (non-hydrogen) atoms. The summed E-state index contributed by atoms with van der Waals surface area (Å²) in [6.07, 6.45) is 1.10. The second-order valence-electron chi connectivity index (χ2n) is 3.98. The minimum Gasteiger partial charge on any atom is -0.355 e. The van der Waals surface area contributed by atoms with E-state index in [1.807, 2.05) is 24.3 Å². The van der Waals surface area contributed by atoms with Crippen LogP contribution in [-0.2, 0) is 4.74 Å². The van der Waals surface area contributed by atoms with Gasteiger partial charge in [0.05, 0.1) is 23.8 Å². The molecule has 2 aromatic rings. The fourth-order valence-electron chi connectivity index (χ4n) is 2.10. The van der Waals surface area contributed by atoms with Crippen LogP contribution >= 0.6 is 0 Å². The fraction of sp³-hybridized carbons (Fsp3) is 0.333. The lowest BCUT2D eigenvalue weighted by atomic mass is 10.3. The zero-order valence-corrected chi connectivity index (χ0v) is 9.30. The summed E-state index contributed by atoms with van der Waals surface area (Å²) in [6.45, 7) is 2.09. The molecule has 0 spiro atoms. The molecule has 1 aromatic heterocycles. The van der Waals surface area contributed by atoms with Gasteiger partial charge >= 0.3 is 0 Å². The van der Waals surface area contributed by atoms with Crippen molar-refractivity contribution in [3.63, 3.8) is 0 Å². The van der Waals surface area contributed by atoms with Crippen LogP contribution < -0.4 is 10.9 Å². The Kier molecular flexibility index (Phi) is 2.62. The van der Waals surface area contributed by atoms with Crippen molar-refractivity contribution in [3.05, 3.63) is 40.8 Å². The summed E-state index contributed by atoms with van der Waals surface area (Å²) in [5.74, 6) is 0. The molecule has 0 aliphatic carbocycles. The third-order valence-corrected chi connectivity index (χ3v) is 2.89. The highest BCUT2D eigenvalue weighted by molar-refractivity contribution is 5.74. The van der Waals surface area contributed by atoms with Crippen molar-refractivity contribution in [2.45, 2.75) is 6.23 Å². The van der Waals surface area contributed by atoms with E-state index in [2.05, 4.69) is 10.3 Å². The van der Waals surface area contributed by atoms with E-state index in [1.54, 1.807) is 4.57 Å². The molecule has 1 aliphatic rings. The van der Waals surface area contributed by atoms with Crippen LogP contribution in [0.2, 0.25) is 0 Å². The quantitative estimate of drug-likeness (QED) is 0.777. The van der Waals surface area contributed by atoms with E-state index in [4.69, 9.17) is 4.74 Å². The van der Waals surface area contributed by atoms with Crippen LogP contribution in [0.25, 0.3) is 11.0 Å². The number of ether oxygens (including phenoxy) is 1. The Bertz CT molecular complexity index is 588. The molecule has 0 saturated carbocycles. The molecule has 1 aromatic carbocycles. The van der Waals surface area contributed by atoms with Crippen molar-refractivity contribution in [1.82, 2.24) is 14.9 Å². The van der Waals surface area contributed by atoms with Crippen LogP contribution in [0.3, 0.4) is 0 Å². The lowest BCUT2D eigenvalue weighted by Crippen LogP contribution is -2.40. The Morgan fingerprint density at radius 2 is 2.29 bits per heavy atom. The fourth-order valence-corrected chi connectivity index (χ4v) is 2.10. The molecule has 1 saturated heterocycles. The van der Waals surface area contributed by atoms with Crippen molar-refractivity contribution in [2.24, 2.45) is 0 Å². The van der Waals surface area contributed by atoms with Gasteiger partial charge in [-0.05, 0) is 12.1 Å². The molecule has 0 radical (unpaired) electrons. The highest BCUT2D eigenvalue weighted by Gasteiger charge is 2.18. The summed E-state index contributed by atoms with van der Waals surface area (Å²) in [4.78, 5) is 16.1. The predicted molar refractivity (Wildman–Crippen MR) is 63.9 cm³/mol. The maximum Gasteiger partial charge on any atom is 0.271 e. The molecule has 5 nitrogen and oxygen atoms in total. The largest absolute Gasteiger partial charge is 0.355 e. The Hall–Kier alpha value is -1.72. The van der Waals surface area contributed by atoms with E-state index in [0.29, 0.717) is 13.2 Å². The van der Waals surface area contributed by atoms with Crippen molar-refractivity contribution in [2.75, 3.05) is 19.7 Å². The number of morpholine rings is 1. The summed E-state index contributed by atoms with van der Waals surface area (Å²) < 4.78 is 7.29. The number of para-hydroxylation sites is 2. The van der Waals surface area contributed by atoms with Crippen molar-refractivity contribution in [3.8, 4) is 0 Å². The first kappa shape index (κ1) is 10.4. The lowest BCUT2D eigenvalue weighted by molar-refractivity contribution is -0.0188. The van der Waals surface area contributed by atoms with Gasteiger partial charge in [-0.3, -0.25) is 9.36 Å². The zero-order valence-electron chi connectivity index (χ0n) is 9.30. The van der Waals surface area contributed by atoms with Gasteiger partial charge in [-0.2, -0.15) is 0 Å². The molecule has 1 N–H and O–H groups in total. The Morgan fingerprint density at radius 1 is 1.41 bits per heavy atom. The Labute approximate surface area is 98.0 Å². The SMILES string of the molecule is O=c1cnc2ccccc2n1C1CNCCO1. The van der Waals surface area contributed by atoms with E-state index in [0.717, 1.165) is 17.6 Å². The van der Waals surface area contributed by atoms with E-state index in [1.165, 1.54) is 6.20 Å². The van der Waals surface area contributed by atoms with Crippen molar-refractivity contribution in [1.29, 1.82) is 0 Å². The standard InChI is InChI=1S/C12H13N3O2/c16-11-7-14-9-3-1-2-4-10(9)15(11)12-8-13-5-6-17-12/h1-4,7,12-13H,5-6,8H2. The third-order valence-electron chi connectivity index (χ3n) is 2.89. The normalized spacial score (nSPS) is 20.6. The molecule has 1 aliphatic heterocycles. The summed E-state index contributed by atoms with van der Waals surface area (Å²) in [7, 11) is 0. The van der Waals surface area contributed by atoms with Gasteiger partial charge in [-0.15, -0.1) is 0 Å². The smallest absolute Gasteiger partial charge is 0.271 e. The van der Waals surface area contributed by atoms with E-state index >= 15 is 0 Å². The minimum absolute atomic E-state index is 0.127. The zero-order chi connectivity index (χ0) is 11.7. The monoisotopic (exact) mass is 231 g/mol. The average Bonchev–Trinajstić information content (AvgIpc) is 2.39. The first-order chi connectivity index (χ1) is 8.36. The van der Waals surface area contributed by atoms with Crippen LogP contribution in [0, 0.1) is 0 Å². The first-order valence-electron chi connectivity index (χ1n) is 5.65. The molecule has 0 bridgehead atoms. The second-order valence-corrected chi connectivity index (χ2v) is 3.98. The van der Waals surface area contributed by atoms with Crippen molar-refractivity contribution >= 4 is 11.0 Å². The average molecular weight is 231 g/mol. The van der Waals surface area contributed by atoms with E-state index in [9.17, 15) is 4.79 Å². The van der Waals surface area contributed by atoms with E-state index < -0.39 is 0 Å². The van der Waals surface area contributed by atoms with Gasteiger partial charge in [0.2, 0.25) is 0 Å². The number of fused-ring (bicyclic) bond motifs is 1. The highest BCUT2D eigenvalue weighted by Crippen LogP contribution is 2.15. The minimum atomic E-state index is -0.246. The highest BCUT2D eigenvalue weighted by atomic mass is 16.5. The number of hydrogen-bond acceptors (Lipinski definition) is 4. The van der Waals surface area contributed by atoms with Gasteiger partial charge in [-0.25, -0.2) is 4.98 Å². The topological polar surface area (TPSA) is 56.2 Å². The Morgan fingerprint density at radius 3 is 3.12 bits per heavy atom. The maximum absolute atomic E-state index is 11.9. The third kappa shape index (κ3) is 1.83. The molecular formula is C12H13N3O2. The number of aromatic nitrogens is 2. The summed E-state index contributed by atoms with van der Waals surface area (Å²) >= 11 is 0. The lowest BCUT2D eigenvalue weighted by Gasteiger charge is -2.26. The van der Waals surface area contributed by atoms with Gasteiger partial charge in [0, 0.05) is 13.1 Å². The molecule has 3 rings (SSSR count). The van der Waals surface area contributed by atoms with Crippen LogP contribution in [-0.4, -0.2) is 29.2 Å². The summed E-state index contributed by atoms with van der Waals surface area (Å²) in [5, 5.41) is 3.22. The molecular weight excluding hydrogens is 218 g/mol. The van der Waals surface area contributed by atoms with Crippen LogP contribution in [0.5, 0.6) is 0 Å². The van der Waals surface area contributed by atoms with Crippen LogP contribution in [0.15, 0.2) is 35.3 Å². The summed E-state index contributed by atoms with van der Waals surface area (Å²) in [5.41, 5.74) is 1.49. The molecule has 5 heteroatoms. The number of nitrogens with zero attached hydrogens (tertiary/aromatic N) is 2. The van der Waals surface area contributed by atoms with Gasteiger partial charge < -0.3 is 10.1 Å². The van der Waals surface area contributed by atoms with Gasteiger partial charge in [0.25, 0.3) is 5.56 Å². The summed E-state index contributed by atoms with van der Waals surface area (Å²) in [6, 6.07) is 7.59. The molecule has 88 valence electrons. The van der Waals surface area contributed by atoms with Gasteiger partial charge in [0.15, 0.2) is 0 Å². The molecule has 1 atom stereocenters.